The van der Waals surface area contributed by atoms with Gasteiger partial charge in [0.1, 0.15) is 0 Å². The molecule has 1 aromatic rings. The summed E-state index contributed by atoms with van der Waals surface area (Å²) in [6.45, 7) is 14.0. The summed E-state index contributed by atoms with van der Waals surface area (Å²) in [5.41, 5.74) is 3.33. The first-order valence-corrected chi connectivity index (χ1v) is 6.17. The molecule has 0 radical (unpaired) electrons. The van der Waals surface area contributed by atoms with Gasteiger partial charge in [-0.15, -0.1) is 0 Å². The molecule has 2 rings (SSSR count). The fraction of sp³-hybridized carbons (Fsp3) is 0.667. The zero-order valence-electron chi connectivity index (χ0n) is 11.3. The van der Waals surface area contributed by atoms with Gasteiger partial charge in [-0.25, -0.2) is 0 Å². The van der Waals surface area contributed by atoms with Crippen LogP contribution in [0.5, 0.6) is 0 Å². The van der Waals surface area contributed by atoms with Gasteiger partial charge in [-0.3, -0.25) is 4.98 Å². The van der Waals surface area contributed by atoms with Crippen LogP contribution in [0.1, 0.15) is 64.6 Å². The minimum Gasteiger partial charge on any atom is -0.261 e. The standard InChI is InChI=1S/C15H23N/c1-14(2,3)12-10-7-8-16-11(9-10)13(12)15(4,5)6/h7-9,12-13H,1-6H3. The van der Waals surface area contributed by atoms with E-state index in [-0.39, 0.29) is 5.41 Å². The van der Waals surface area contributed by atoms with Crippen molar-refractivity contribution in [1.29, 1.82) is 0 Å². The molecule has 16 heavy (non-hydrogen) atoms. The second-order valence-electron chi connectivity index (χ2n) is 7.20. The van der Waals surface area contributed by atoms with E-state index in [1.54, 1.807) is 0 Å². The third-order valence-electron chi connectivity index (χ3n) is 3.68. The molecule has 0 saturated heterocycles. The lowest BCUT2D eigenvalue weighted by Gasteiger charge is -2.39. The zero-order chi connectivity index (χ0) is 12.1. The van der Waals surface area contributed by atoms with Crippen LogP contribution in [0, 0.1) is 10.8 Å². The molecule has 0 N–H and O–H groups in total. The molecule has 1 aromatic heterocycles. The SMILES string of the molecule is CC(C)(C)C1c2ccnc(c2)C1C(C)(C)C. The van der Waals surface area contributed by atoms with Crippen molar-refractivity contribution in [2.75, 3.05) is 0 Å². The lowest BCUT2D eigenvalue weighted by molar-refractivity contribution is 0.194. The highest BCUT2D eigenvalue weighted by Crippen LogP contribution is 2.55. The van der Waals surface area contributed by atoms with Crippen molar-refractivity contribution in [3.63, 3.8) is 0 Å². The Morgan fingerprint density at radius 1 is 0.938 bits per heavy atom. The molecular formula is C15H23N. The Morgan fingerprint density at radius 3 is 2.00 bits per heavy atom. The van der Waals surface area contributed by atoms with Crippen LogP contribution in [0.15, 0.2) is 18.3 Å². The summed E-state index contributed by atoms with van der Waals surface area (Å²) >= 11 is 0. The molecule has 0 aromatic carbocycles. The average Bonchev–Trinajstić information content (AvgIpc) is 2.35. The summed E-state index contributed by atoms with van der Waals surface area (Å²) < 4.78 is 0. The molecule has 0 spiro atoms. The molecule has 1 heteroatoms. The van der Waals surface area contributed by atoms with Crippen molar-refractivity contribution < 1.29 is 0 Å². The summed E-state index contributed by atoms with van der Waals surface area (Å²) in [5, 5.41) is 0. The van der Waals surface area contributed by atoms with Crippen LogP contribution in [0.25, 0.3) is 0 Å². The Bertz CT molecular complexity index is 357. The minimum absolute atomic E-state index is 0.279. The second kappa shape index (κ2) is 3.32. The first-order chi connectivity index (χ1) is 7.21. The maximum atomic E-state index is 4.56. The van der Waals surface area contributed by atoms with E-state index in [0.29, 0.717) is 17.3 Å². The lowest BCUT2D eigenvalue weighted by Crippen LogP contribution is -2.29. The van der Waals surface area contributed by atoms with Gasteiger partial charge in [0.15, 0.2) is 0 Å². The van der Waals surface area contributed by atoms with Gasteiger partial charge in [-0.05, 0) is 34.4 Å². The van der Waals surface area contributed by atoms with Crippen LogP contribution in [0.4, 0.5) is 0 Å². The predicted octanol–water partition coefficient (Wildman–Crippen LogP) is 4.35. The first kappa shape index (κ1) is 11.6. The zero-order valence-corrected chi connectivity index (χ0v) is 11.3. The van der Waals surface area contributed by atoms with E-state index in [0.717, 1.165) is 0 Å². The normalized spacial score (nSPS) is 24.9. The fourth-order valence-electron chi connectivity index (χ4n) is 3.14. The van der Waals surface area contributed by atoms with Crippen LogP contribution in [-0.4, -0.2) is 4.98 Å². The quantitative estimate of drug-likeness (QED) is 0.629. The molecule has 0 aliphatic heterocycles. The van der Waals surface area contributed by atoms with Crippen molar-refractivity contribution in [2.45, 2.75) is 53.4 Å². The van der Waals surface area contributed by atoms with Gasteiger partial charge in [-0.2, -0.15) is 0 Å². The molecule has 1 aliphatic carbocycles. The summed E-state index contributed by atoms with van der Waals surface area (Å²) in [7, 11) is 0. The first-order valence-electron chi connectivity index (χ1n) is 6.17. The van der Waals surface area contributed by atoms with Crippen LogP contribution in [-0.2, 0) is 0 Å². The maximum Gasteiger partial charge on any atom is 0.0448 e. The number of hydrogen-bond acceptors (Lipinski definition) is 1. The number of hydrogen-bond donors (Lipinski definition) is 0. The molecule has 1 nitrogen and oxygen atoms in total. The van der Waals surface area contributed by atoms with Crippen LogP contribution in [0.2, 0.25) is 0 Å². The van der Waals surface area contributed by atoms with Gasteiger partial charge in [-0.1, -0.05) is 41.5 Å². The van der Waals surface area contributed by atoms with Crippen LogP contribution >= 0.6 is 0 Å². The summed E-state index contributed by atoms with van der Waals surface area (Å²) in [4.78, 5) is 4.56. The van der Waals surface area contributed by atoms with E-state index in [1.807, 2.05) is 6.20 Å². The van der Waals surface area contributed by atoms with E-state index in [1.165, 1.54) is 11.3 Å². The molecule has 1 aliphatic rings. The topological polar surface area (TPSA) is 12.9 Å². The highest BCUT2D eigenvalue weighted by molar-refractivity contribution is 5.36. The van der Waals surface area contributed by atoms with Crippen molar-refractivity contribution in [1.82, 2.24) is 4.98 Å². The molecule has 0 amide bonds. The Balaban J connectivity index is 2.51. The number of rotatable bonds is 0. The third kappa shape index (κ3) is 1.77. The Kier molecular flexibility index (Phi) is 2.41. The highest BCUT2D eigenvalue weighted by atomic mass is 14.7. The van der Waals surface area contributed by atoms with E-state index < -0.39 is 0 Å². The molecule has 2 unspecified atom stereocenters. The third-order valence-corrected chi connectivity index (χ3v) is 3.68. The van der Waals surface area contributed by atoms with E-state index in [4.69, 9.17) is 0 Å². The minimum atomic E-state index is 0.279. The molecule has 2 bridgehead atoms. The molecule has 88 valence electrons. The number of aromatic nitrogens is 1. The fourth-order valence-corrected chi connectivity index (χ4v) is 3.14. The van der Waals surface area contributed by atoms with Crippen molar-refractivity contribution >= 4 is 0 Å². The van der Waals surface area contributed by atoms with Crippen molar-refractivity contribution in [3.8, 4) is 0 Å². The summed E-state index contributed by atoms with van der Waals surface area (Å²) in [6, 6.07) is 4.48. The van der Waals surface area contributed by atoms with E-state index in [9.17, 15) is 0 Å². The molecule has 2 atom stereocenters. The predicted molar refractivity (Wildman–Crippen MR) is 68.6 cm³/mol. The summed E-state index contributed by atoms with van der Waals surface area (Å²) in [5.74, 6) is 1.16. The summed E-state index contributed by atoms with van der Waals surface area (Å²) in [6.07, 6.45) is 1.97. The van der Waals surface area contributed by atoms with E-state index in [2.05, 4.69) is 58.7 Å². The number of fused-ring (bicyclic) bond motifs is 2. The monoisotopic (exact) mass is 217 g/mol. The lowest BCUT2D eigenvalue weighted by atomic mass is 9.64. The molecule has 0 saturated carbocycles. The molecular weight excluding hydrogens is 194 g/mol. The molecule has 0 fully saturated rings. The number of pyridine rings is 1. The van der Waals surface area contributed by atoms with Gasteiger partial charge in [0, 0.05) is 17.8 Å². The Labute approximate surface area is 99.3 Å². The Hall–Kier alpha value is -0.850. The van der Waals surface area contributed by atoms with Gasteiger partial charge in [0.05, 0.1) is 0 Å². The van der Waals surface area contributed by atoms with Gasteiger partial charge < -0.3 is 0 Å². The van der Waals surface area contributed by atoms with Gasteiger partial charge in [0.25, 0.3) is 0 Å². The second-order valence-corrected chi connectivity index (χ2v) is 7.20. The molecule has 1 heterocycles. The van der Waals surface area contributed by atoms with Gasteiger partial charge >= 0.3 is 0 Å². The van der Waals surface area contributed by atoms with E-state index >= 15 is 0 Å². The largest absolute Gasteiger partial charge is 0.261 e. The average molecular weight is 217 g/mol. The number of nitrogens with zero attached hydrogens (tertiary/aromatic N) is 1. The van der Waals surface area contributed by atoms with Crippen molar-refractivity contribution in [2.24, 2.45) is 10.8 Å². The van der Waals surface area contributed by atoms with Gasteiger partial charge in [0.2, 0.25) is 0 Å². The smallest absolute Gasteiger partial charge is 0.0448 e. The maximum absolute atomic E-state index is 4.56. The van der Waals surface area contributed by atoms with Crippen molar-refractivity contribution in [3.05, 3.63) is 29.6 Å². The van der Waals surface area contributed by atoms with Crippen LogP contribution < -0.4 is 0 Å². The van der Waals surface area contributed by atoms with Crippen LogP contribution in [0.3, 0.4) is 0 Å². The Morgan fingerprint density at radius 2 is 1.50 bits per heavy atom. The highest BCUT2D eigenvalue weighted by Gasteiger charge is 2.44.